The van der Waals surface area contributed by atoms with E-state index in [1.807, 2.05) is 36.4 Å². The summed E-state index contributed by atoms with van der Waals surface area (Å²) in [6.07, 6.45) is 3.46. The van der Waals surface area contributed by atoms with Crippen LogP contribution < -0.4 is 0 Å². The average Bonchev–Trinajstić information content (AvgIpc) is 3.70. The van der Waals surface area contributed by atoms with Crippen LogP contribution in [0.5, 0.6) is 0 Å². The van der Waals surface area contributed by atoms with E-state index in [-0.39, 0.29) is 0 Å². The van der Waals surface area contributed by atoms with Crippen LogP contribution in [0, 0.1) is 0 Å². The van der Waals surface area contributed by atoms with Crippen LogP contribution in [0.25, 0.3) is 117 Å². The first kappa shape index (κ1) is 36.1. The third kappa shape index (κ3) is 6.63. The third-order valence-corrected chi connectivity index (χ3v) is 11.6. The molecule has 0 radical (unpaired) electrons. The van der Waals surface area contributed by atoms with Crippen molar-refractivity contribution in [2.45, 2.75) is 0 Å². The van der Waals surface area contributed by atoms with E-state index >= 15 is 0 Å². The zero-order valence-corrected chi connectivity index (χ0v) is 33.7. The zero-order chi connectivity index (χ0) is 41.7. The van der Waals surface area contributed by atoms with Gasteiger partial charge in [-0.2, -0.15) is 0 Å². The molecule has 0 aliphatic rings. The first-order valence-corrected chi connectivity index (χ1v) is 20.8. The monoisotopic (exact) mass is 806 g/mol. The van der Waals surface area contributed by atoms with Gasteiger partial charge in [-0.3, -0.25) is 0 Å². The van der Waals surface area contributed by atoms with Gasteiger partial charge in [0, 0.05) is 61.9 Å². The first-order chi connectivity index (χ1) is 31.2. The lowest BCUT2D eigenvalue weighted by Crippen LogP contribution is -2.00. The molecule has 8 heteroatoms. The molecule has 7 aromatic carbocycles. The van der Waals surface area contributed by atoms with Gasteiger partial charge in [0.15, 0.2) is 23.3 Å². The Bertz CT molecular complexity index is 3610. The van der Waals surface area contributed by atoms with Crippen molar-refractivity contribution in [3.8, 4) is 73.8 Å². The Kier molecular flexibility index (Phi) is 8.64. The van der Waals surface area contributed by atoms with Gasteiger partial charge in [-0.05, 0) is 77.9 Å². The molecule has 0 fully saturated rings. The Morgan fingerprint density at radius 3 is 1.40 bits per heavy atom. The summed E-state index contributed by atoms with van der Waals surface area (Å²) in [7, 11) is 0. The van der Waals surface area contributed by atoms with E-state index in [0.717, 1.165) is 72.3 Å². The fourth-order valence-electron chi connectivity index (χ4n) is 8.41. The molecule has 0 saturated carbocycles. The summed E-state index contributed by atoms with van der Waals surface area (Å²) in [5.74, 6) is 2.44. The molecule has 0 N–H and O–H groups in total. The lowest BCUT2D eigenvalue weighted by molar-refractivity contribution is 1.07. The van der Waals surface area contributed by atoms with Gasteiger partial charge in [0.1, 0.15) is 5.69 Å². The molecule has 5 heterocycles. The molecule has 12 aromatic rings. The van der Waals surface area contributed by atoms with Crippen LogP contribution in [0.4, 0.5) is 0 Å². The number of rotatable bonds is 7. The summed E-state index contributed by atoms with van der Waals surface area (Å²) >= 11 is 0. The maximum Gasteiger partial charge on any atom is 0.178 e. The van der Waals surface area contributed by atoms with Crippen molar-refractivity contribution in [1.29, 1.82) is 0 Å². The maximum atomic E-state index is 5.13. The Labute approximate surface area is 362 Å². The van der Waals surface area contributed by atoms with E-state index in [1.165, 1.54) is 21.8 Å². The molecule has 8 nitrogen and oxygen atoms in total. The molecule has 0 atom stereocenters. The average molecular weight is 807 g/mol. The standard InChI is InChI=1S/C55H34N8/c1-2-9-38(10-3-1)52-60-53(62-54(61-52)40-23-27-43(28-24-40)63-50-13-6-4-11-44(50)45-12-5-7-14-51(45)63)39-19-15-35(16-20-39)41-21-17-36-25-29-46(58-48(36)33-41)42-22-18-37-26-30-47(59-49(37)34-42)55-56-31-8-32-57-55/h1-34H. The predicted octanol–water partition coefficient (Wildman–Crippen LogP) is 12.9. The molecule has 0 unspecified atom stereocenters. The minimum atomic E-state index is 0.599. The fraction of sp³-hybridized carbons (Fsp3) is 0. The van der Waals surface area contributed by atoms with Crippen LogP contribution in [0.15, 0.2) is 207 Å². The SMILES string of the molecule is c1ccc(-c2nc(-c3ccc(-c4ccc5ccc(-c6ccc7ccc(-c8ncccn8)nc7c6)nc5c4)cc3)nc(-c3ccc(-n4c5ccccc5c5ccccc54)cc3)n2)cc1. The molecule has 0 aliphatic heterocycles. The Morgan fingerprint density at radius 1 is 0.302 bits per heavy atom. The van der Waals surface area contributed by atoms with Gasteiger partial charge >= 0.3 is 0 Å². The third-order valence-electron chi connectivity index (χ3n) is 11.6. The van der Waals surface area contributed by atoms with Gasteiger partial charge < -0.3 is 4.57 Å². The largest absolute Gasteiger partial charge is 0.309 e. The number of pyridine rings is 2. The normalized spacial score (nSPS) is 11.5. The second-order valence-corrected chi connectivity index (χ2v) is 15.4. The van der Waals surface area contributed by atoms with E-state index in [1.54, 1.807) is 18.5 Å². The number of aromatic nitrogens is 8. The molecule has 0 amide bonds. The van der Waals surface area contributed by atoms with Crippen molar-refractivity contribution in [3.63, 3.8) is 0 Å². The number of para-hydroxylation sites is 2. The lowest BCUT2D eigenvalue weighted by Gasteiger charge is -2.11. The van der Waals surface area contributed by atoms with E-state index in [4.69, 9.17) is 24.9 Å². The van der Waals surface area contributed by atoms with Crippen LogP contribution in [-0.2, 0) is 0 Å². The molecular formula is C55H34N8. The van der Waals surface area contributed by atoms with Crippen LogP contribution in [0.2, 0.25) is 0 Å². The van der Waals surface area contributed by atoms with E-state index in [9.17, 15) is 0 Å². The highest BCUT2D eigenvalue weighted by Gasteiger charge is 2.16. The zero-order valence-electron chi connectivity index (χ0n) is 33.7. The van der Waals surface area contributed by atoms with Gasteiger partial charge in [0.25, 0.3) is 0 Å². The highest BCUT2D eigenvalue weighted by molar-refractivity contribution is 6.09. The van der Waals surface area contributed by atoms with Gasteiger partial charge in [-0.25, -0.2) is 34.9 Å². The highest BCUT2D eigenvalue weighted by atomic mass is 15.0. The molecule has 0 spiro atoms. The quantitative estimate of drug-likeness (QED) is 0.158. The van der Waals surface area contributed by atoms with Gasteiger partial charge in [-0.1, -0.05) is 127 Å². The number of hydrogen-bond acceptors (Lipinski definition) is 7. The molecule has 0 bridgehead atoms. The minimum absolute atomic E-state index is 0.599. The molecule has 12 rings (SSSR count). The smallest absolute Gasteiger partial charge is 0.178 e. The van der Waals surface area contributed by atoms with Crippen molar-refractivity contribution in [2.75, 3.05) is 0 Å². The predicted molar refractivity (Wildman–Crippen MR) is 253 cm³/mol. The van der Waals surface area contributed by atoms with Crippen LogP contribution >= 0.6 is 0 Å². The summed E-state index contributed by atoms with van der Waals surface area (Å²) < 4.78 is 2.31. The molecule has 294 valence electrons. The highest BCUT2D eigenvalue weighted by Crippen LogP contribution is 2.34. The Balaban J connectivity index is 0.866. The van der Waals surface area contributed by atoms with Crippen LogP contribution in [0.1, 0.15) is 0 Å². The first-order valence-electron chi connectivity index (χ1n) is 20.8. The second kappa shape index (κ2) is 15.1. The van der Waals surface area contributed by atoms with E-state index in [0.29, 0.717) is 23.3 Å². The van der Waals surface area contributed by atoms with Gasteiger partial charge in [0.2, 0.25) is 0 Å². The fourth-order valence-corrected chi connectivity index (χ4v) is 8.41. The minimum Gasteiger partial charge on any atom is -0.309 e. The molecule has 0 saturated heterocycles. The topological polar surface area (TPSA) is 95.2 Å². The van der Waals surface area contributed by atoms with Crippen molar-refractivity contribution in [3.05, 3.63) is 207 Å². The Morgan fingerprint density at radius 2 is 0.762 bits per heavy atom. The summed E-state index contributed by atoms with van der Waals surface area (Å²) in [4.78, 5) is 33.8. The number of benzene rings is 7. The van der Waals surface area contributed by atoms with Crippen LogP contribution in [0.3, 0.4) is 0 Å². The summed E-state index contributed by atoms with van der Waals surface area (Å²) in [6.45, 7) is 0. The molecule has 5 aromatic heterocycles. The van der Waals surface area contributed by atoms with Gasteiger partial charge in [-0.15, -0.1) is 0 Å². The number of fused-ring (bicyclic) bond motifs is 5. The molecule has 63 heavy (non-hydrogen) atoms. The van der Waals surface area contributed by atoms with Crippen LogP contribution in [-0.4, -0.2) is 39.5 Å². The van der Waals surface area contributed by atoms with Crippen molar-refractivity contribution < 1.29 is 0 Å². The van der Waals surface area contributed by atoms with Crippen molar-refractivity contribution in [1.82, 2.24) is 39.5 Å². The van der Waals surface area contributed by atoms with E-state index < -0.39 is 0 Å². The number of hydrogen-bond donors (Lipinski definition) is 0. The number of nitrogens with zero attached hydrogens (tertiary/aromatic N) is 8. The summed E-state index contributed by atoms with van der Waals surface area (Å²) in [6, 6.07) is 66.7. The second-order valence-electron chi connectivity index (χ2n) is 15.4. The summed E-state index contributed by atoms with van der Waals surface area (Å²) in [5, 5.41) is 4.57. The molecular weight excluding hydrogens is 773 g/mol. The van der Waals surface area contributed by atoms with Crippen molar-refractivity contribution in [2.24, 2.45) is 0 Å². The Hall–Kier alpha value is -8.75. The van der Waals surface area contributed by atoms with E-state index in [2.05, 4.69) is 166 Å². The lowest BCUT2D eigenvalue weighted by atomic mass is 10.0. The maximum absolute atomic E-state index is 5.13. The summed E-state index contributed by atoms with van der Waals surface area (Å²) in [5.41, 5.74) is 12.6. The molecule has 0 aliphatic carbocycles. The van der Waals surface area contributed by atoms with Gasteiger partial charge in [0.05, 0.1) is 27.8 Å². The van der Waals surface area contributed by atoms with Crippen molar-refractivity contribution >= 4 is 43.6 Å².